The molecule has 0 radical (unpaired) electrons. The highest BCUT2D eigenvalue weighted by Crippen LogP contribution is 2.67. The molecule has 0 saturated heterocycles. The lowest BCUT2D eigenvalue weighted by atomic mass is 9.47. The topological polar surface area (TPSA) is 76.1 Å². The normalized spacial score (nSPS) is 38.1. The minimum absolute atomic E-state index is 0.151. The number of rotatable bonds is 7. The SMILES string of the molecule is CON(CC(=O)OC(C)(C)C)C(=O)CC[C@@H](C)[C@H]1CC[C@H]2[C@@H]3CC=C4C[C@@H](O)CC[C@]4(C)[C@H]3CC[C@]12C. The first kappa shape index (κ1) is 28.6. The highest BCUT2D eigenvalue weighted by atomic mass is 16.7. The second kappa shape index (κ2) is 10.6. The summed E-state index contributed by atoms with van der Waals surface area (Å²) in [6.45, 7) is 12.6. The van der Waals surface area contributed by atoms with Crippen LogP contribution in [-0.4, -0.2) is 47.4 Å². The first-order valence-electron chi connectivity index (χ1n) is 14.7. The van der Waals surface area contributed by atoms with Crippen molar-refractivity contribution in [2.45, 2.75) is 117 Å². The summed E-state index contributed by atoms with van der Waals surface area (Å²) < 4.78 is 5.36. The third-order valence-electron chi connectivity index (χ3n) is 10.8. The van der Waals surface area contributed by atoms with Crippen molar-refractivity contribution in [2.24, 2.45) is 40.4 Å². The number of carbonyl (C=O) groups is 2. The predicted molar refractivity (Wildman–Crippen MR) is 144 cm³/mol. The van der Waals surface area contributed by atoms with E-state index in [9.17, 15) is 14.7 Å². The fraction of sp³-hybridized carbons (Fsp3) is 0.871. The molecule has 1 amide bonds. The van der Waals surface area contributed by atoms with Crippen LogP contribution in [0.4, 0.5) is 0 Å². The predicted octanol–water partition coefficient (Wildman–Crippen LogP) is 6.07. The largest absolute Gasteiger partial charge is 0.459 e. The van der Waals surface area contributed by atoms with E-state index in [2.05, 4.69) is 26.8 Å². The Kier molecular flexibility index (Phi) is 8.22. The van der Waals surface area contributed by atoms with Crippen molar-refractivity contribution in [1.82, 2.24) is 5.06 Å². The van der Waals surface area contributed by atoms with Crippen molar-refractivity contribution < 1.29 is 24.3 Å². The monoisotopic (exact) mass is 517 g/mol. The van der Waals surface area contributed by atoms with Gasteiger partial charge in [0.25, 0.3) is 0 Å². The van der Waals surface area contributed by atoms with Crippen molar-refractivity contribution in [3.05, 3.63) is 11.6 Å². The van der Waals surface area contributed by atoms with E-state index in [4.69, 9.17) is 9.57 Å². The highest BCUT2D eigenvalue weighted by Gasteiger charge is 2.59. The van der Waals surface area contributed by atoms with Crippen LogP contribution < -0.4 is 0 Å². The molecule has 6 heteroatoms. The number of esters is 1. The second-order valence-electron chi connectivity index (χ2n) is 14.1. The van der Waals surface area contributed by atoms with Crippen LogP contribution in [0, 0.1) is 40.4 Å². The van der Waals surface area contributed by atoms with Gasteiger partial charge in [-0.1, -0.05) is 32.4 Å². The molecule has 0 aromatic heterocycles. The Balaban J connectivity index is 1.37. The molecular formula is C31H51NO5. The van der Waals surface area contributed by atoms with Crippen molar-refractivity contribution >= 4 is 11.9 Å². The fourth-order valence-corrected chi connectivity index (χ4v) is 9.04. The lowest BCUT2D eigenvalue weighted by Crippen LogP contribution is -2.50. The lowest BCUT2D eigenvalue weighted by Gasteiger charge is -2.58. The zero-order valence-corrected chi connectivity index (χ0v) is 24.3. The number of aliphatic hydroxyl groups excluding tert-OH is 1. The Morgan fingerprint density at radius 2 is 1.86 bits per heavy atom. The molecule has 8 atom stereocenters. The van der Waals surface area contributed by atoms with Gasteiger partial charge in [0, 0.05) is 6.42 Å². The van der Waals surface area contributed by atoms with E-state index in [1.54, 1.807) is 0 Å². The van der Waals surface area contributed by atoms with E-state index in [0.717, 1.165) is 48.5 Å². The first-order valence-corrected chi connectivity index (χ1v) is 14.7. The van der Waals surface area contributed by atoms with Crippen molar-refractivity contribution in [3.8, 4) is 0 Å². The number of hydrogen-bond acceptors (Lipinski definition) is 5. The number of hydrogen-bond donors (Lipinski definition) is 1. The number of amides is 1. The van der Waals surface area contributed by atoms with Crippen molar-refractivity contribution in [1.29, 1.82) is 0 Å². The van der Waals surface area contributed by atoms with Gasteiger partial charge in [-0.2, -0.15) is 0 Å². The molecule has 4 aliphatic rings. The van der Waals surface area contributed by atoms with E-state index >= 15 is 0 Å². The van der Waals surface area contributed by atoms with E-state index in [-0.39, 0.29) is 24.0 Å². The van der Waals surface area contributed by atoms with Gasteiger partial charge in [0.1, 0.15) is 12.1 Å². The van der Waals surface area contributed by atoms with E-state index in [1.807, 2.05) is 20.8 Å². The molecule has 0 bridgehead atoms. The summed E-state index contributed by atoms with van der Waals surface area (Å²) in [6, 6.07) is 0. The quantitative estimate of drug-likeness (QED) is 0.252. The second-order valence-corrected chi connectivity index (χ2v) is 14.1. The maximum atomic E-state index is 12.9. The van der Waals surface area contributed by atoms with Gasteiger partial charge >= 0.3 is 5.97 Å². The zero-order valence-electron chi connectivity index (χ0n) is 24.3. The average molecular weight is 518 g/mol. The minimum atomic E-state index is -0.590. The van der Waals surface area contributed by atoms with Gasteiger partial charge in [-0.15, -0.1) is 0 Å². The molecule has 37 heavy (non-hydrogen) atoms. The Morgan fingerprint density at radius 3 is 2.54 bits per heavy atom. The molecule has 0 unspecified atom stereocenters. The number of nitrogens with zero attached hydrogens (tertiary/aromatic N) is 1. The molecule has 3 saturated carbocycles. The van der Waals surface area contributed by atoms with Crippen molar-refractivity contribution in [3.63, 3.8) is 0 Å². The van der Waals surface area contributed by atoms with Gasteiger partial charge in [-0.05, 0) is 119 Å². The third-order valence-corrected chi connectivity index (χ3v) is 10.8. The van der Waals surface area contributed by atoms with Gasteiger partial charge in [0.2, 0.25) is 5.91 Å². The van der Waals surface area contributed by atoms with Gasteiger partial charge in [0.15, 0.2) is 0 Å². The maximum absolute atomic E-state index is 12.9. The van der Waals surface area contributed by atoms with E-state index in [1.165, 1.54) is 44.8 Å². The lowest BCUT2D eigenvalue weighted by molar-refractivity contribution is -0.189. The first-order chi connectivity index (χ1) is 17.3. The Hall–Kier alpha value is -1.40. The molecule has 4 aliphatic carbocycles. The van der Waals surface area contributed by atoms with Crippen LogP contribution in [0.5, 0.6) is 0 Å². The average Bonchev–Trinajstić information content (AvgIpc) is 3.17. The van der Waals surface area contributed by atoms with Crippen LogP contribution in [0.25, 0.3) is 0 Å². The highest BCUT2D eigenvalue weighted by molar-refractivity contribution is 5.81. The van der Waals surface area contributed by atoms with Gasteiger partial charge in [-0.25, -0.2) is 5.06 Å². The van der Waals surface area contributed by atoms with Crippen LogP contribution in [0.2, 0.25) is 0 Å². The summed E-state index contributed by atoms with van der Waals surface area (Å²) in [5.41, 5.74) is 1.55. The Labute approximate surface area is 224 Å². The van der Waals surface area contributed by atoms with Gasteiger partial charge in [0.05, 0.1) is 13.2 Å². The number of hydroxylamine groups is 2. The molecule has 1 N–H and O–H groups in total. The van der Waals surface area contributed by atoms with E-state index < -0.39 is 11.6 Å². The number of carbonyl (C=O) groups excluding carboxylic acids is 2. The van der Waals surface area contributed by atoms with E-state index in [0.29, 0.717) is 23.7 Å². The van der Waals surface area contributed by atoms with Crippen LogP contribution >= 0.6 is 0 Å². The molecule has 210 valence electrons. The number of aliphatic hydroxyl groups is 1. The number of fused-ring (bicyclic) bond motifs is 5. The van der Waals surface area contributed by atoms with Crippen LogP contribution in [0.3, 0.4) is 0 Å². The summed E-state index contributed by atoms with van der Waals surface area (Å²) >= 11 is 0. The molecule has 0 aromatic rings. The van der Waals surface area contributed by atoms with Gasteiger partial charge in [-0.3, -0.25) is 14.4 Å². The summed E-state index contributed by atoms with van der Waals surface area (Å²) in [5, 5.41) is 11.4. The molecule has 0 aliphatic heterocycles. The summed E-state index contributed by atoms with van der Waals surface area (Å²) in [5.74, 6) is 2.71. The molecule has 0 aromatic carbocycles. The number of ether oxygens (including phenoxy) is 1. The molecule has 3 fully saturated rings. The molecular weight excluding hydrogens is 466 g/mol. The van der Waals surface area contributed by atoms with Crippen LogP contribution in [0.15, 0.2) is 11.6 Å². The Bertz CT molecular complexity index is 893. The summed E-state index contributed by atoms with van der Waals surface area (Å²) in [6.07, 6.45) is 12.8. The molecule has 0 heterocycles. The zero-order chi connectivity index (χ0) is 27.2. The molecule has 0 spiro atoms. The van der Waals surface area contributed by atoms with Gasteiger partial charge < -0.3 is 9.84 Å². The molecule has 4 rings (SSSR count). The third kappa shape index (κ3) is 5.66. The smallest absolute Gasteiger partial charge is 0.328 e. The summed E-state index contributed by atoms with van der Waals surface area (Å²) in [7, 11) is 1.43. The minimum Gasteiger partial charge on any atom is -0.459 e. The van der Waals surface area contributed by atoms with Crippen molar-refractivity contribution in [2.75, 3.05) is 13.7 Å². The van der Waals surface area contributed by atoms with Crippen LogP contribution in [-0.2, 0) is 19.2 Å². The fourth-order valence-electron chi connectivity index (χ4n) is 9.04. The molecule has 6 nitrogen and oxygen atoms in total. The Morgan fingerprint density at radius 1 is 1.14 bits per heavy atom. The van der Waals surface area contributed by atoms with Crippen LogP contribution in [0.1, 0.15) is 106 Å². The standard InChI is InChI=1S/C31H51NO5/c1-20(8-13-27(34)32(36-7)19-28(35)37-29(2,3)4)24-11-12-25-23-10-9-21-18-22(33)14-16-30(21,5)26(23)15-17-31(24,25)6/h9,20,22-26,33H,8,10-19H2,1-7H3/t20-,22+,23+,24-,25+,26+,30+,31-/m1/s1. The summed E-state index contributed by atoms with van der Waals surface area (Å²) in [4.78, 5) is 30.4. The maximum Gasteiger partial charge on any atom is 0.328 e. The number of allylic oxidation sites excluding steroid dienone is 1.